The number of benzene rings is 1. The molecule has 0 spiro atoms. The number of halogens is 1. The third kappa shape index (κ3) is 3.90. The fraction of sp³-hybridized carbons (Fsp3) is 0.424. The SMILES string of the molecule is C=CC1=C(C(=C)C2CC2)C2CC(c3nc4ccc(-c5cnc(N6CC(C)C(C)(F)[C@@H](N)C6)nc5)cc4n32)N(C)C1=C. The molecular weight excluding hydrogens is 513 g/mol. The molecule has 4 unspecified atom stereocenters. The number of nitrogens with zero attached hydrogens (tertiary/aromatic N) is 6. The normalized spacial score (nSPS) is 29.6. The summed E-state index contributed by atoms with van der Waals surface area (Å²) in [5.41, 5.74) is 13.3. The van der Waals surface area contributed by atoms with Crippen LogP contribution in [0.4, 0.5) is 10.3 Å². The lowest BCUT2D eigenvalue weighted by atomic mass is 9.82. The first-order valence-electron chi connectivity index (χ1n) is 14.6. The van der Waals surface area contributed by atoms with E-state index in [4.69, 9.17) is 10.7 Å². The molecule has 5 atom stereocenters. The van der Waals surface area contributed by atoms with Crippen molar-refractivity contribution in [1.29, 1.82) is 0 Å². The van der Waals surface area contributed by atoms with E-state index in [0.29, 0.717) is 25.0 Å². The molecule has 7 rings (SSSR count). The van der Waals surface area contributed by atoms with E-state index in [2.05, 4.69) is 64.4 Å². The van der Waals surface area contributed by atoms with E-state index in [1.807, 2.05) is 30.3 Å². The number of piperidine rings is 1. The maximum atomic E-state index is 14.9. The van der Waals surface area contributed by atoms with Crippen LogP contribution in [0.3, 0.4) is 0 Å². The molecule has 0 amide bonds. The number of rotatable bonds is 5. The van der Waals surface area contributed by atoms with Crippen LogP contribution in [0.5, 0.6) is 0 Å². The molecule has 2 bridgehead atoms. The molecule has 8 heteroatoms. The van der Waals surface area contributed by atoms with Crippen molar-refractivity contribution in [3.63, 3.8) is 0 Å². The zero-order valence-corrected chi connectivity index (χ0v) is 24.1. The Morgan fingerprint density at radius 3 is 2.54 bits per heavy atom. The second-order valence-electron chi connectivity index (χ2n) is 12.5. The van der Waals surface area contributed by atoms with Crippen molar-refractivity contribution in [2.75, 3.05) is 25.0 Å². The van der Waals surface area contributed by atoms with Gasteiger partial charge in [-0.05, 0) is 60.9 Å². The number of alkyl halides is 1. The predicted octanol–water partition coefficient (Wildman–Crippen LogP) is 5.90. The van der Waals surface area contributed by atoms with Crippen molar-refractivity contribution in [3.8, 4) is 11.1 Å². The Labute approximate surface area is 241 Å². The van der Waals surface area contributed by atoms with Crippen LogP contribution in [0.1, 0.15) is 51.0 Å². The monoisotopic (exact) mass is 551 g/mol. The summed E-state index contributed by atoms with van der Waals surface area (Å²) >= 11 is 0. The summed E-state index contributed by atoms with van der Waals surface area (Å²) in [7, 11) is 2.11. The van der Waals surface area contributed by atoms with E-state index in [0.717, 1.165) is 45.7 Å². The molecule has 0 radical (unpaired) electrons. The van der Waals surface area contributed by atoms with E-state index in [1.54, 1.807) is 6.92 Å². The van der Waals surface area contributed by atoms with E-state index >= 15 is 0 Å². The van der Waals surface area contributed by atoms with Crippen molar-refractivity contribution < 1.29 is 4.39 Å². The van der Waals surface area contributed by atoms with Gasteiger partial charge in [-0.15, -0.1) is 0 Å². The van der Waals surface area contributed by atoms with E-state index in [-0.39, 0.29) is 18.0 Å². The van der Waals surface area contributed by atoms with Crippen LogP contribution < -0.4 is 10.6 Å². The highest BCUT2D eigenvalue weighted by atomic mass is 19.1. The van der Waals surface area contributed by atoms with Crippen LogP contribution in [0.25, 0.3) is 22.2 Å². The molecule has 41 heavy (non-hydrogen) atoms. The van der Waals surface area contributed by atoms with Gasteiger partial charge in [-0.2, -0.15) is 0 Å². The van der Waals surface area contributed by atoms with Crippen LogP contribution in [0.15, 0.2) is 78.8 Å². The Kier molecular flexibility index (Phi) is 5.81. The Bertz CT molecular complexity index is 1610. The molecule has 3 aromatic rings. The van der Waals surface area contributed by atoms with Crippen molar-refractivity contribution in [2.24, 2.45) is 17.6 Å². The smallest absolute Gasteiger partial charge is 0.225 e. The maximum absolute atomic E-state index is 14.9. The molecule has 1 aliphatic carbocycles. The fourth-order valence-electron chi connectivity index (χ4n) is 7.00. The number of likely N-dealkylation sites (N-methyl/N-ethyl adjacent to an activating group) is 1. The van der Waals surface area contributed by atoms with Gasteiger partial charge in [-0.3, -0.25) is 0 Å². The molecule has 1 saturated heterocycles. The summed E-state index contributed by atoms with van der Waals surface area (Å²) in [6.07, 6.45) is 8.97. The van der Waals surface area contributed by atoms with Crippen LogP contribution in [-0.2, 0) is 0 Å². The predicted molar refractivity (Wildman–Crippen MR) is 162 cm³/mol. The van der Waals surface area contributed by atoms with Crippen LogP contribution in [-0.4, -0.2) is 56.3 Å². The Balaban J connectivity index is 1.26. The average Bonchev–Trinajstić information content (AvgIpc) is 3.68. The largest absolute Gasteiger partial charge is 0.364 e. The summed E-state index contributed by atoms with van der Waals surface area (Å²) in [6.45, 7) is 17.6. The van der Waals surface area contributed by atoms with Gasteiger partial charge in [0.2, 0.25) is 5.95 Å². The minimum absolute atomic E-state index is 0.128. The summed E-state index contributed by atoms with van der Waals surface area (Å²) in [4.78, 5) is 18.7. The molecule has 1 saturated carbocycles. The maximum Gasteiger partial charge on any atom is 0.225 e. The minimum atomic E-state index is -1.40. The first-order valence-corrected chi connectivity index (χ1v) is 14.6. The molecule has 1 aromatic carbocycles. The molecule has 2 fully saturated rings. The van der Waals surface area contributed by atoms with Crippen LogP contribution in [0.2, 0.25) is 0 Å². The van der Waals surface area contributed by atoms with Crippen molar-refractivity contribution in [2.45, 2.75) is 56.9 Å². The number of fused-ring (bicyclic) bond motifs is 7. The van der Waals surface area contributed by atoms with Gasteiger partial charge in [0.15, 0.2) is 0 Å². The first kappa shape index (κ1) is 26.1. The Hall–Kier alpha value is -3.78. The topological polar surface area (TPSA) is 76.1 Å². The number of anilines is 1. The third-order valence-corrected chi connectivity index (χ3v) is 10.1. The Morgan fingerprint density at radius 1 is 1.15 bits per heavy atom. The summed E-state index contributed by atoms with van der Waals surface area (Å²) in [6, 6.07) is 6.05. The highest BCUT2D eigenvalue weighted by molar-refractivity contribution is 5.83. The fourth-order valence-corrected chi connectivity index (χ4v) is 7.00. The van der Waals surface area contributed by atoms with Gasteiger partial charge in [-0.1, -0.05) is 38.8 Å². The second-order valence-corrected chi connectivity index (χ2v) is 12.5. The highest BCUT2D eigenvalue weighted by Crippen LogP contribution is 2.54. The number of allylic oxidation sites excluding steroid dienone is 3. The quantitative estimate of drug-likeness (QED) is 0.426. The van der Waals surface area contributed by atoms with Gasteiger partial charge < -0.3 is 20.1 Å². The van der Waals surface area contributed by atoms with E-state index < -0.39 is 11.7 Å². The third-order valence-electron chi connectivity index (χ3n) is 10.1. The number of hydrogen-bond donors (Lipinski definition) is 1. The molecular formula is C33H38FN7. The van der Waals surface area contributed by atoms with E-state index in [9.17, 15) is 4.39 Å². The number of hydrogen-bond acceptors (Lipinski definition) is 6. The molecule has 212 valence electrons. The summed E-state index contributed by atoms with van der Waals surface area (Å²) in [5.74, 6) is 1.97. The molecule has 4 aliphatic rings. The minimum Gasteiger partial charge on any atom is -0.364 e. The van der Waals surface area contributed by atoms with Gasteiger partial charge in [-0.25, -0.2) is 19.3 Å². The number of imidazole rings is 1. The van der Waals surface area contributed by atoms with Gasteiger partial charge in [0, 0.05) is 55.3 Å². The van der Waals surface area contributed by atoms with Gasteiger partial charge in [0.1, 0.15) is 11.5 Å². The second kappa shape index (κ2) is 9.11. The summed E-state index contributed by atoms with van der Waals surface area (Å²) < 4.78 is 17.3. The van der Waals surface area contributed by atoms with Crippen molar-refractivity contribution in [1.82, 2.24) is 24.4 Å². The van der Waals surface area contributed by atoms with Crippen LogP contribution >= 0.6 is 0 Å². The zero-order chi connectivity index (χ0) is 28.8. The van der Waals surface area contributed by atoms with Crippen molar-refractivity contribution >= 4 is 17.0 Å². The molecule has 7 nitrogen and oxygen atoms in total. The highest BCUT2D eigenvalue weighted by Gasteiger charge is 2.45. The molecule has 5 heterocycles. The first-order chi connectivity index (χ1) is 19.6. The molecule has 2 aromatic heterocycles. The lowest BCUT2D eigenvalue weighted by Crippen LogP contribution is -2.60. The van der Waals surface area contributed by atoms with Crippen molar-refractivity contribution in [3.05, 3.63) is 84.6 Å². The summed E-state index contributed by atoms with van der Waals surface area (Å²) in [5, 5.41) is 0. The number of nitrogens with two attached hydrogens (primary N) is 1. The number of aromatic nitrogens is 4. The van der Waals surface area contributed by atoms with E-state index in [1.165, 1.54) is 24.0 Å². The lowest BCUT2D eigenvalue weighted by Gasteiger charge is -2.43. The van der Waals surface area contributed by atoms with Gasteiger partial charge >= 0.3 is 0 Å². The molecule has 2 N–H and O–H groups in total. The van der Waals surface area contributed by atoms with Gasteiger partial charge in [0.05, 0.1) is 29.2 Å². The Morgan fingerprint density at radius 2 is 1.88 bits per heavy atom. The van der Waals surface area contributed by atoms with Gasteiger partial charge in [0.25, 0.3) is 0 Å². The molecule has 3 aliphatic heterocycles. The lowest BCUT2D eigenvalue weighted by molar-refractivity contribution is 0.0660. The zero-order valence-electron chi connectivity index (χ0n) is 24.1. The standard InChI is InChI=1S/C33H38FN7/c1-7-24-20(4)39(6)28-13-27(30(24)19(3)21-8-9-21)41-26-12-22(10-11-25(26)38-31(28)41)23-14-36-32(37-15-23)40-16-18(2)33(5,34)29(35)17-40/h7,10-12,14-15,18,21,27-29H,1,3-4,8-9,13,16-17,35H2,2,5-6H3/t18?,27?,28?,29-,33?/m0/s1. The van der Waals surface area contributed by atoms with Crippen LogP contribution in [0, 0.1) is 11.8 Å². The average molecular weight is 552 g/mol.